The monoisotopic (exact) mass is 398 g/mol. The summed E-state index contributed by atoms with van der Waals surface area (Å²) < 4.78 is 0. The zero-order chi connectivity index (χ0) is 22.0. The first-order valence-corrected chi connectivity index (χ1v) is 10.1. The molecule has 29 heavy (non-hydrogen) atoms. The van der Waals surface area contributed by atoms with E-state index in [0.717, 1.165) is 27.3 Å². The van der Waals surface area contributed by atoms with Crippen molar-refractivity contribution in [2.24, 2.45) is 0 Å². The number of phenolic OH excluding ortho intramolecular Hbond substituents is 1. The summed E-state index contributed by atoms with van der Waals surface area (Å²) in [5, 5.41) is 25.2. The van der Waals surface area contributed by atoms with E-state index in [1.807, 2.05) is 84.0 Å². The molecular formula is C24H34N2O3. The molecule has 0 saturated carbocycles. The maximum absolute atomic E-state index is 12.5. The van der Waals surface area contributed by atoms with Crippen LogP contribution in [0.1, 0.15) is 76.8 Å². The third kappa shape index (κ3) is 5.10. The molecule has 0 radical (unpaired) electrons. The molecule has 1 atom stereocenters. The van der Waals surface area contributed by atoms with Gasteiger partial charge in [-0.3, -0.25) is 5.21 Å². The van der Waals surface area contributed by atoms with Crippen molar-refractivity contribution in [1.29, 1.82) is 0 Å². The van der Waals surface area contributed by atoms with E-state index in [9.17, 15) is 15.1 Å². The van der Waals surface area contributed by atoms with E-state index in [4.69, 9.17) is 0 Å². The third-order valence-electron chi connectivity index (χ3n) is 4.96. The van der Waals surface area contributed by atoms with E-state index in [1.165, 1.54) is 0 Å². The molecule has 0 bridgehead atoms. The minimum absolute atomic E-state index is 0.267. The summed E-state index contributed by atoms with van der Waals surface area (Å²) in [7, 11) is 0. The maximum Gasteiger partial charge on any atom is 0.342 e. The molecule has 0 saturated heterocycles. The van der Waals surface area contributed by atoms with Gasteiger partial charge in [-0.25, -0.2) is 4.79 Å². The molecule has 1 unspecified atom stereocenters. The van der Waals surface area contributed by atoms with Crippen LogP contribution in [0.5, 0.6) is 5.75 Å². The highest BCUT2D eigenvalue weighted by Crippen LogP contribution is 2.42. The quantitative estimate of drug-likeness (QED) is 0.470. The van der Waals surface area contributed by atoms with Crippen molar-refractivity contribution in [3.05, 3.63) is 64.7 Å². The van der Waals surface area contributed by atoms with Crippen molar-refractivity contribution in [1.82, 2.24) is 10.4 Å². The van der Waals surface area contributed by atoms with E-state index < -0.39 is 12.1 Å². The molecule has 2 aromatic carbocycles. The second-order valence-electron chi connectivity index (χ2n) is 9.46. The molecule has 158 valence electrons. The Bertz CT molecular complexity index is 814. The molecule has 2 amide bonds. The Balaban J connectivity index is 2.77. The van der Waals surface area contributed by atoms with Crippen molar-refractivity contribution >= 4 is 6.03 Å². The van der Waals surface area contributed by atoms with Crippen LogP contribution in [0.2, 0.25) is 0 Å². The molecule has 0 heterocycles. The lowest BCUT2D eigenvalue weighted by atomic mass is 9.77. The Kier molecular flexibility index (Phi) is 6.63. The van der Waals surface area contributed by atoms with Crippen LogP contribution in [0.25, 0.3) is 0 Å². The van der Waals surface area contributed by atoms with Crippen molar-refractivity contribution in [3.8, 4) is 5.75 Å². The lowest BCUT2D eigenvalue weighted by Gasteiger charge is -2.32. The molecule has 0 fully saturated rings. The lowest BCUT2D eigenvalue weighted by Crippen LogP contribution is -2.40. The van der Waals surface area contributed by atoms with Crippen LogP contribution in [0.4, 0.5) is 4.79 Å². The molecule has 0 spiro atoms. The van der Waals surface area contributed by atoms with Gasteiger partial charge in [-0.2, -0.15) is 5.06 Å². The fraction of sp³-hybridized carbons (Fsp3) is 0.458. The number of carbonyl (C=O) groups excluding carboxylic acids is 1. The molecule has 5 heteroatoms. The number of urea groups is 1. The number of hydrogen-bond acceptors (Lipinski definition) is 3. The Morgan fingerprint density at radius 2 is 1.45 bits per heavy atom. The number of rotatable bonds is 4. The van der Waals surface area contributed by atoms with Gasteiger partial charge in [0.2, 0.25) is 0 Å². The first kappa shape index (κ1) is 22.8. The number of benzene rings is 2. The number of amides is 2. The molecule has 0 aliphatic heterocycles. The number of carbonyl (C=O) groups is 1. The van der Waals surface area contributed by atoms with Gasteiger partial charge < -0.3 is 10.4 Å². The number of hydrogen-bond donors (Lipinski definition) is 3. The van der Waals surface area contributed by atoms with E-state index in [1.54, 1.807) is 6.92 Å². The van der Waals surface area contributed by atoms with Crippen LogP contribution in [-0.4, -0.2) is 28.0 Å². The summed E-state index contributed by atoms with van der Waals surface area (Å²) in [4.78, 5) is 12.5. The molecule has 0 aromatic heterocycles. The van der Waals surface area contributed by atoms with Crippen molar-refractivity contribution < 1.29 is 15.1 Å². The smallest absolute Gasteiger partial charge is 0.342 e. The van der Waals surface area contributed by atoms with Crippen LogP contribution < -0.4 is 5.32 Å². The SMILES string of the molecule is CCNC(=O)N(O)C(c1ccccc1)c1cc(C(C)(C)C)c(O)c(C(C)(C)C)c1. The summed E-state index contributed by atoms with van der Waals surface area (Å²) in [6.45, 7) is 14.4. The van der Waals surface area contributed by atoms with Gasteiger partial charge >= 0.3 is 6.03 Å². The predicted molar refractivity (Wildman–Crippen MR) is 116 cm³/mol. The van der Waals surface area contributed by atoms with Gasteiger partial charge in [0.1, 0.15) is 11.8 Å². The molecule has 0 aliphatic carbocycles. The first-order valence-electron chi connectivity index (χ1n) is 10.1. The Morgan fingerprint density at radius 1 is 0.966 bits per heavy atom. The van der Waals surface area contributed by atoms with Gasteiger partial charge in [-0.15, -0.1) is 0 Å². The Morgan fingerprint density at radius 3 is 1.86 bits per heavy atom. The van der Waals surface area contributed by atoms with Crippen LogP contribution in [0, 0.1) is 0 Å². The number of hydroxylamine groups is 2. The Labute approximate surface area is 174 Å². The van der Waals surface area contributed by atoms with Crippen LogP contribution >= 0.6 is 0 Å². The highest BCUT2D eigenvalue weighted by molar-refractivity contribution is 5.74. The third-order valence-corrected chi connectivity index (χ3v) is 4.96. The van der Waals surface area contributed by atoms with Gasteiger partial charge in [-0.05, 0) is 52.1 Å². The maximum atomic E-state index is 12.5. The first-order chi connectivity index (χ1) is 13.4. The number of phenols is 1. The van der Waals surface area contributed by atoms with Gasteiger partial charge in [0.15, 0.2) is 0 Å². The molecule has 2 rings (SSSR count). The summed E-state index contributed by atoms with van der Waals surface area (Å²) in [5.41, 5.74) is 2.47. The minimum Gasteiger partial charge on any atom is -0.507 e. The highest BCUT2D eigenvalue weighted by atomic mass is 16.5. The van der Waals surface area contributed by atoms with Gasteiger partial charge in [-0.1, -0.05) is 71.9 Å². The minimum atomic E-state index is -0.703. The van der Waals surface area contributed by atoms with E-state index in [2.05, 4.69) is 5.32 Å². The van der Waals surface area contributed by atoms with E-state index in [-0.39, 0.29) is 16.6 Å². The predicted octanol–water partition coefficient (Wildman–Crippen LogP) is 5.50. The fourth-order valence-corrected chi connectivity index (χ4v) is 3.42. The van der Waals surface area contributed by atoms with Crippen molar-refractivity contribution in [3.63, 3.8) is 0 Å². The van der Waals surface area contributed by atoms with Gasteiger partial charge in [0.25, 0.3) is 0 Å². The topological polar surface area (TPSA) is 72.8 Å². The summed E-state index contributed by atoms with van der Waals surface area (Å²) in [5.74, 6) is 0.267. The molecule has 0 aliphatic rings. The largest absolute Gasteiger partial charge is 0.507 e. The number of nitrogens with one attached hydrogen (secondary N) is 1. The van der Waals surface area contributed by atoms with Gasteiger partial charge in [0.05, 0.1) is 0 Å². The lowest BCUT2D eigenvalue weighted by molar-refractivity contribution is -0.0679. The zero-order valence-corrected chi connectivity index (χ0v) is 18.6. The molecule has 5 nitrogen and oxygen atoms in total. The fourth-order valence-electron chi connectivity index (χ4n) is 3.42. The zero-order valence-electron chi connectivity index (χ0n) is 18.6. The highest BCUT2D eigenvalue weighted by Gasteiger charge is 2.31. The Hall–Kier alpha value is -2.53. The second kappa shape index (κ2) is 8.46. The number of nitrogens with zero attached hydrogens (tertiary/aromatic N) is 1. The molecule has 2 aromatic rings. The van der Waals surface area contributed by atoms with E-state index >= 15 is 0 Å². The second-order valence-corrected chi connectivity index (χ2v) is 9.46. The molecule has 3 N–H and O–H groups in total. The molecular weight excluding hydrogens is 364 g/mol. The van der Waals surface area contributed by atoms with Crippen molar-refractivity contribution in [2.75, 3.05) is 6.54 Å². The van der Waals surface area contributed by atoms with Crippen LogP contribution in [-0.2, 0) is 10.8 Å². The normalized spacial score (nSPS) is 13.1. The van der Waals surface area contributed by atoms with Crippen LogP contribution in [0.15, 0.2) is 42.5 Å². The summed E-state index contributed by atoms with van der Waals surface area (Å²) in [6.07, 6.45) is 0. The van der Waals surface area contributed by atoms with Crippen molar-refractivity contribution in [2.45, 2.75) is 65.3 Å². The average molecular weight is 399 g/mol. The van der Waals surface area contributed by atoms with E-state index in [0.29, 0.717) is 6.54 Å². The summed E-state index contributed by atoms with van der Waals surface area (Å²) >= 11 is 0. The van der Waals surface area contributed by atoms with Crippen LogP contribution in [0.3, 0.4) is 0 Å². The number of aromatic hydroxyl groups is 1. The standard InChI is InChI=1S/C24H34N2O3/c1-8-25-22(28)26(29)20(16-12-10-9-11-13-16)17-14-18(23(2,3)4)21(27)19(15-17)24(5,6)7/h9-15,20,27,29H,8H2,1-7H3,(H,25,28). The van der Waals surface area contributed by atoms with Gasteiger partial charge in [0, 0.05) is 6.54 Å². The summed E-state index contributed by atoms with van der Waals surface area (Å²) in [6, 6.07) is 11.9. The average Bonchev–Trinajstić information content (AvgIpc) is 2.62.